The SMILES string of the molecule is CC(C)(C)OC(=O)N1CCC=C(c2c(F)cc(C#N)c3c2C2=C(CCC4(CC4)C2)C3)C1.CC1(C)OB(C2=CCCNC2)OC1(C)C.N#Cc1cc(F)c(Br)c2c1CC1=C2CC2(CC1)CC2. The predicted molar refractivity (Wildman–Crippen MR) is 254 cm³/mol. The van der Waals surface area contributed by atoms with Crippen LogP contribution in [0.2, 0.25) is 0 Å². The van der Waals surface area contributed by atoms with Gasteiger partial charge in [-0.2, -0.15) is 10.5 Å². The van der Waals surface area contributed by atoms with Gasteiger partial charge in [-0.3, -0.25) is 0 Å². The number of amides is 1. The Hall–Kier alpha value is -4.07. The number of carbonyl (C=O) groups is 1. The van der Waals surface area contributed by atoms with Crippen LogP contribution in [0.3, 0.4) is 0 Å². The number of fused-ring (bicyclic) bond motifs is 4. The molecule has 0 unspecified atom stereocenters. The van der Waals surface area contributed by atoms with E-state index in [-0.39, 0.29) is 36.0 Å². The first kappa shape index (κ1) is 46.1. The Labute approximate surface area is 392 Å². The van der Waals surface area contributed by atoms with E-state index in [9.17, 15) is 19.7 Å². The Morgan fingerprint density at radius 1 is 0.815 bits per heavy atom. The van der Waals surface area contributed by atoms with Gasteiger partial charge in [-0.1, -0.05) is 23.3 Å². The molecule has 3 heterocycles. The summed E-state index contributed by atoms with van der Waals surface area (Å²) in [7, 11) is -0.164. The van der Waals surface area contributed by atoms with Crippen LogP contribution in [0.4, 0.5) is 13.6 Å². The van der Waals surface area contributed by atoms with Crippen molar-refractivity contribution < 1.29 is 27.6 Å². The molecule has 1 N–H and O–H groups in total. The normalized spacial score (nSPS) is 23.4. The number of hydrogen-bond donors (Lipinski definition) is 1. The van der Waals surface area contributed by atoms with Crippen LogP contribution in [0.1, 0.15) is 164 Å². The van der Waals surface area contributed by atoms with E-state index in [2.05, 4.69) is 73.2 Å². The molecule has 0 bridgehead atoms. The zero-order chi connectivity index (χ0) is 46.3. The molecule has 2 aromatic rings. The van der Waals surface area contributed by atoms with Crippen molar-refractivity contribution in [3.63, 3.8) is 0 Å². The van der Waals surface area contributed by atoms with Gasteiger partial charge in [0.05, 0.1) is 38.9 Å². The van der Waals surface area contributed by atoms with E-state index in [1.54, 1.807) is 4.90 Å². The summed E-state index contributed by atoms with van der Waals surface area (Å²) in [5.41, 5.74) is 12.9. The molecular formula is C53H62BBrF2N4O4. The summed E-state index contributed by atoms with van der Waals surface area (Å²) >= 11 is 3.40. The van der Waals surface area contributed by atoms with E-state index in [1.807, 2.05) is 20.8 Å². The van der Waals surface area contributed by atoms with E-state index in [0.29, 0.717) is 51.5 Å². The second-order valence-electron chi connectivity index (χ2n) is 22.1. The molecule has 1 saturated heterocycles. The Bertz CT molecular complexity index is 2550. The number of nitrogens with zero attached hydrogens (tertiary/aromatic N) is 3. The molecule has 9 aliphatic rings. The maximum absolute atomic E-state index is 15.5. The minimum Gasteiger partial charge on any atom is -0.444 e. The number of halogens is 3. The molecule has 342 valence electrons. The van der Waals surface area contributed by atoms with Crippen molar-refractivity contribution in [1.29, 1.82) is 10.5 Å². The Morgan fingerprint density at radius 3 is 1.89 bits per heavy atom. The number of allylic oxidation sites excluding steroid dienone is 4. The average molecular weight is 948 g/mol. The van der Waals surface area contributed by atoms with Crippen molar-refractivity contribution in [2.75, 3.05) is 26.2 Å². The third kappa shape index (κ3) is 8.95. The van der Waals surface area contributed by atoms with Crippen LogP contribution < -0.4 is 5.32 Å². The van der Waals surface area contributed by atoms with Gasteiger partial charge in [-0.05, 0) is 228 Å². The summed E-state index contributed by atoms with van der Waals surface area (Å²) in [6.07, 6.45) is 19.2. The van der Waals surface area contributed by atoms with E-state index in [4.69, 9.17) is 14.0 Å². The number of nitriles is 2. The Balaban J connectivity index is 0.000000133. The van der Waals surface area contributed by atoms with Crippen LogP contribution >= 0.6 is 15.9 Å². The topological polar surface area (TPSA) is 108 Å². The van der Waals surface area contributed by atoms with Crippen molar-refractivity contribution in [2.24, 2.45) is 10.8 Å². The first-order valence-electron chi connectivity index (χ1n) is 23.8. The largest absolute Gasteiger partial charge is 0.491 e. The summed E-state index contributed by atoms with van der Waals surface area (Å²) in [5, 5.41) is 22.2. The smallest absolute Gasteiger partial charge is 0.444 e. The van der Waals surface area contributed by atoms with Gasteiger partial charge in [0.25, 0.3) is 0 Å². The lowest BCUT2D eigenvalue weighted by Gasteiger charge is -2.32. The number of ether oxygens (including phenoxy) is 1. The Morgan fingerprint density at radius 2 is 1.37 bits per heavy atom. The molecule has 8 nitrogen and oxygen atoms in total. The van der Waals surface area contributed by atoms with Crippen molar-refractivity contribution in [3.05, 3.63) is 96.0 Å². The second-order valence-corrected chi connectivity index (χ2v) is 22.8. The number of benzene rings is 2. The van der Waals surface area contributed by atoms with E-state index in [1.165, 1.54) is 78.4 Å². The van der Waals surface area contributed by atoms with Gasteiger partial charge in [-0.15, -0.1) is 0 Å². The second kappa shape index (κ2) is 16.9. The average Bonchev–Trinajstić information content (AvgIpc) is 4.10. The maximum Gasteiger partial charge on any atom is 0.491 e. The third-order valence-corrected chi connectivity index (χ3v) is 16.6. The monoisotopic (exact) mass is 946 g/mol. The minimum absolute atomic E-state index is 0.164. The molecule has 2 aromatic carbocycles. The van der Waals surface area contributed by atoms with Crippen LogP contribution in [-0.2, 0) is 26.9 Å². The molecule has 1 amide bonds. The van der Waals surface area contributed by atoms with Crippen LogP contribution in [0.25, 0.3) is 16.7 Å². The van der Waals surface area contributed by atoms with Gasteiger partial charge in [0.1, 0.15) is 17.2 Å². The van der Waals surface area contributed by atoms with Crippen LogP contribution in [0.15, 0.2) is 45.4 Å². The van der Waals surface area contributed by atoms with Gasteiger partial charge >= 0.3 is 13.2 Å². The number of rotatable bonds is 2. The molecule has 0 atom stereocenters. The van der Waals surface area contributed by atoms with Crippen LogP contribution in [-0.4, -0.2) is 61.1 Å². The van der Waals surface area contributed by atoms with Crippen molar-refractivity contribution >= 4 is 45.9 Å². The molecule has 6 aliphatic carbocycles. The standard InChI is InChI=1S/C26H29FN2O2.C16H13BrFN.C11H20BNO2/c1-25(2,3)31-24(30)29-10-4-5-17(15-29)22-21(27)12-18(14-28)19-11-16-6-7-26(8-9-26)13-20(16)23(19)22;17-15-13(18)6-10(8-19)11-5-9-1-2-16(3-4-16)7-12(9)14(11)15;1-10(2)11(3,4)15-12(14-10)9-6-5-7-13-8-9/h5,12H,4,6-11,13,15H2,1-3H3;6H,1-5,7H2;6,13H,5,7-8H2,1-4H3. The van der Waals surface area contributed by atoms with E-state index in [0.717, 1.165) is 85.9 Å². The minimum atomic E-state index is -0.570. The fraction of sp³-hybridized carbons (Fsp3) is 0.566. The lowest BCUT2D eigenvalue weighted by atomic mass is 9.76. The molecule has 11 rings (SSSR count). The first-order chi connectivity index (χ1) is 30.8. The molecule has 2 saturated carbocycles. The van der Waals surface area contributed by atoms with E-state index >= 15 is 4.39 Å². The van der Waals surface area contributed by atoms with Crippen molar-refractivity contribution in [2.45, 2.75) is 155 Å². The molecule has 3 aliphatic heterocycles. The highest BCUT2D eigenvalue weighted by Crippen LogP contribution is 2.63. The molecule has 2 spiro atoms. The molecule has 65 heavy (non-hydrogen) atoms. The van der Waals surface area contributed by atoms with Crippen molar-refractivity contribution in [1.82, 2.24) is 10.2 Å². The third-order valence-electron chi connectivity index (χ3n) is 15.9. The highest BCUT2D eigenvalue weighted by molar-refractivity contribution is 9.10. The molecule has 0 aromatic heterocycles. The fourth-order valence-electron chi connectivity index (χ4n) is 11.0. The number of nitrogens with one attached hydrogen (secondary N) is 1. The lowest BCUT2D eigenvalue weighted by molar-refractivity contribution is 0.00578. The quantitative estimate of drug-likeness (QED) is 0.299. The molecule has 0 radical (unpaired) electrons. The fourth-order valence-corrected chi connectivity index (χ4v) is 11.6. The zero-order valence-electron chi connectivity index (χ0n) is 39.2. The number of hydrogen-bond acceptors (Lipinski definition) is 7. The highest BCUT2D eigenvalue weighted by Gasteiger charge is 2.53. The summed E-state index contributed by atoms with van der Waals surface area (Å²) in [6, 6.07) is 7.15. The summed E-state index contributed by atoms with van der Waals surface area (Å²) in [5.74, 6) is -0.656. The summed E-state index contributed by atoms with van der Waals surface area (Å²) in [6.45, 7) is 16.7. The molecular weight excluding hydrogens is 885 g/mol. The summed E-state index contributed by atoms with van der Waals surface area (Å²) < 4.78 is 47.5. The van der Waals surface area contributed by atoms with Crippen LogP contribution in [0.5, 0.6) is 0 Å². The number of carbonyl (C=O) groups excluding carboxylic acids is 1. The van der Waals surface area contributed by atoms with Gasteiger partial charge in [0, 0.05) is 25.2 Å². The molecule has 12 heteroatoms. The van der Waals surface area contributed by atoms with Crippen LogP contribution in [0, 0.1) is 45.1 Å². The Kier molecular flexibility index (Phi) is 12.0. The predicted octanol–water partition coefficient (Wildman–Crippen LogP) is 12.3. The van der Waals surface area contributed by atoms with E-state index < -0.39 is 5.60 Å². The van der Waals surface area contributed by atoms with Crippen molar-refractivity contribution in [3.8, 4) is 12.1 Å². The first-order valence-corrected chi connectivity index (χ1v) is 24.6. The van der Waals surface area contributed by atoms with Gasteiger partial charge in [0.15, 0.2) is 0 Å². The maximum atomic E-state index is 15.5. The lowest BCUT2D eigenvalue weighted by Crippen LogP contribution is -2.41. The van der Waals surface area contributed by atoms with Gasteiger partial charge in [0.2, 0.25) is 0 Å². The summed E-state index contributed by atoms with van der Waals surface area (Å²) in [4.78, 5) is 14.3. The highest BCUT2D eigenvalue weighted by atomic mass is 79.9. The zero-order valence-corrected chi connectivity index (χ0v) is 40.8. The molecule has 3 fully saturated rings. The van der Waals surface area contributed by atoms with Gasteiger partial charge in [-0.25, -0.2) is 13.6 Å². The van der Waals surface area contributed by atoms with Gasteiger partial charge < -0.3 is 24.3 Å².